The lowest BCUT2D eigenvalue weighted by atomic mass is 9.86. The van der Waals surface area contributed by atoms with E-state index < -0.39 is 0 Å². The first-order chi connectivity index (χ1) is 11.9. The van der Waals surface area contributed by atoms with Crippen molar-refractivity contribution >= 4 is 11.8 Å². The summed E-state index contributed by atoms with van der Waals surface area (Å²) in [6.45, 7) is 10.7. The average molecular weight is 348 g/mol. The molecule has 2 aliphatic heterocycles. The molecule has 1 atom stereocenters. The highest BCUT2D eigenvalue weighted by atomic mass is 16.2. The molecule has 0 aromatic heterocycles. The van der Waals surface area contributed by atoms with E-state index in [4.69, 9.17) is 0 Å². The first kappa shape index (κ1) is 19.7. The van der Waals surface area contributed by atoms with E-state index >= 15 is 0 Å². The Kier molecular flexibility index (Phi) is 6.82. The van der Waals surface area contributed by atoms with Crippen LogP contribution in [0.15, 0.2) is 25.3 Å². The minimum absolute atomic E-state index is 0.0769. The molecule has 25 heavy (non-hydrogen) atoms. The second kappa shape index (κ2) is 8.65. The summed E-state index contributed by atoms with van der Waals surface area (Å²) in [6, 6.07) is 0. The van der Waals surface area contributed by atoms with Crippen molar-refractivity contribution in [1.29, 1.82) is 0 Å². The minimum Gasteiger partial charge on any atom is -0.341 e. The molecule has 0 aromatic carbocycles. The van der Waals surface area contributed by atoms with Gasteiger partial charge in [0.2, 0.25) is 11.8 Å². The predicted molar refractivity (Wildman–Crippen MR) is 101 cm³/mol. The van der Waals surface area contributed by atoms with E-state index in [0.717, 1.165) is 38.8 Å². The number of piperidine rings is 1. The van der Waals surface area contributed by atoms with Crippen molar-refractivity contribution < 1.29 is 9.59 Å². The molecule has 1 unspecified atom stereocenters. The molecular weight excluding hydrogens is 314 g/mol. The van der Waals surface area contributed by atoms with Gasteiger partial charge in [0, 0.05) is 38.1 Å². The first-order valence-corrected chi connectivity index (χ1v) is 9.39. The summed E-state index contributed by atoms with van der Waals surface area (Å²) in [4.78, 5) is 31.5. The molecule has 2 rings (SSSR count). The minimum atomic E-state index is -0.156. The van der Waals surface area contributed by atoms with Crippen LogP contribution < -0.4 is 0 Å². The topological polar surface area (TPSA) is 43.9 Å². The quantitative estimate of drug-likeness (QED) is 0.633. The Bertz CT molecular complexity index is 505. The Morgan fingerprint density at radius 1 is 1.32 bits per heavy atom. The Morgan fingerprint density at radius 3 is 2.60 bits per heavy atom. The fraction of sp³-hybridized carbons (Fsp3) is 0.700. The molecule has 2 fully saturated rings. The molecule has 0 saturated carbocycles. The molecule has 0 aliphatic carbocycles. The monoisotopic (exact) mass is 347 g/mol. The zero-order valence-electron chi connectivity index (χ0n) is 15.9. The van der Waals surface area contributed by atoms with Crippen LogP contribution in [0.25, 0.3) is 0 Å². The summed E-state index contributed by atoms with van der Waals surface area (Å²) in [5.41, 5.74) is -0.156. The molecule has 2 aliphatic rings. The number of likely N-dealkylation sites (N-methyl/N-ethyl adjacent to an activating group) is 1. The maximum Gasteiger partial charge on any atom is 0.227 e. The summed E-state index contributed by atoms with van der Waals surface area (Å²) in [7, 11) is 4.00. The molecule has 2 heterocycles. The Morgan fingerprint density at radius 2 is 2.00 bits per heavy atom. The first-order valence-electron chi connectivity index (χ1n) is 9.39. The lowest BCUT2D eigenvalue weighted by molar-refractivity contribution is -0.145. The van der Waals surface area contributed by atoms with E-state index in [0.29, 0.717) is 25.9 Å². The van der Waals surface area contributed by atoms with Gasteiger partial charge in [0.1, 0.15) is 0 Å². The normalized spacial score (nSPS) is 23.2. The zero-order chi connectivity index (χ0) is 18.4. The molecule has 140 valence electrons. The summed E-state index contributed by atoms with van der Waals surface area (Å²) in [5, 5.41) is 0. The van der Waals surface area contributed by atoms with E-state index in [1.54, 1.807) is 0 Å². The highest BCUT2D eigenvalue weighted by molar-refractivity contribution is 5.84. The number of amides is 2. The molecule has 2 amide bonds. The van der Waals surface area contributed by atoms with Gasteiger partial charge in [0.05, 0.1) is 5.92 Å². The standard InChI is InChI=1S/C20H33N3O2/c1-5-10-20(11-6-2)12-7-13-23(20)19(25)17-8-9-18(24)22(16-17)15-14-21(3)4/h5-6,17H,1-2,7-16H2,3-4H3. The van der Waals surface area contributed by atoms with Crippen molar-refractivity contribution in [3.63, 3.8) is 0 Å². The molecule has 5 heteroatoms. The summed E-state index contributed by atoms with van der Waals surface area (Å²) in [6.07, 6.45) is 8.64. The van der Waals surface area contributed by atoms with Gasteiger partial charge in [-0.2, -0.15) is 0 Å². The molecular formula is C20H33N3O2. The number of rotatable bonds is 8. The van der Waals surface area contributed by atoms with Gasteiger partial charge >= 0.3 is 0 Å². The Balaban J connectivity index is 2.08. The van der Waals surface area contributed by atoms with E-state index in [-0.39, 0.29) is 23.3 Å². The molecule has 5 nitrogen and oxygen atoms in total. The number of carbonyl (C=O) groups is 2. The summed E-state index contributed by atoms with van der Waals surface area (Å²) >= 11 is 0. The van der Waals surface area contributed by atoms with Gasteiger partial charge in [0.15, 0.2) is 0 Å². The van der Waals surface area contributed by atoms with Crippen LogP contribution in [-0.4, -0.2) is 72.3 Å². The van der Waals surface area contributed by atoms with E-state index in [1.807, 2.05) is 31.1 Å². The number of carbonyl (C=O) groups excluding carboxylic acids is 2. The van der Waals surface area contributed by atoms with Crippen LogP contribution in [0.3, 0.4) is 0 Å². The third-order valence-corrected chi connectivity index (χ3v) is 5.58. The van der Waals surface area contributed by atoms with Crippen molar-refractivity contribution in [2.75, 3.05) is 40.3 Å². The lowest BCUT2D eigenvalue weighted by Crippen LogP contribution is -2.53. The van der Waals surface area contributed by atoms with Crippen molar-refractivity contribution in [3.05, 3.63) is 25.3 Å². The second-order valence-electron chi connectivity index (χ2n) is 7.68. The molecule has 0 aromatic rings. The van der Waals surface area contributed by atoms with Crippen LogP contribution in [0.2, 0.25) is 0 Å². The van der Waals surface area contributed by atoms with Gasteiger partial charge in [-0.05, 0) is 46.2 Å². The molecule has 0 radical (unpaired) electrons. The highest BCUT2D eigenvalue weighted by Gasteiger charge is 2.44. The smallest absolute Gasteiger partial charge is 0.227 e. The Hall–Kier alpha value is -1.62. The SMILES string of the molecule is C=CCC1(CC=C)CCCN1C(=O)C1CCC(=O)N(CCN(C)C)C1. The Labute approximate surface area is 152 Å². The van der Waals surface area contributed by atoms with Crippen molar-refractivity contribution in [2.24, 2.45) is 5.92 Å². The van der Waals surface area contributed by atoms with Crippen LogP contribution in [0.4, 0.5) is 0 Å². The second-order valence-corrected chi connectivity index (χ2v) is 7.68. The van der Waals surface area contributed by atoms with Crippen LogP contribution >= 0.6 is 0 Å². The number of hydrogen-bond donors (Lipinski definition) is 0. The maximum atomic E-state index is 13.3. The van der Waals surface area contributed by atoms with Gasteiger partial charge in [-0.25, -0.2) is 0 Å². The van der Waals surface area contributed by atoms with Crippen molar-refractivity contribution in [2.45, 2.75) is 44.1 Å². The van der Waals surface area contributed by atoms with Crippen LogP contribution in [0.5, 0.6) is 0 Å². The third kappa shape index (κ3) is 4.51. The van der Waals surface area contributed by atoms with Gasteiger partial charge in [-0.3, -0.25) is 9.59 Å². The predicted octanol–water partition coefficient (Wildman–Crippen LogP) is 2.30. The molecule has 0 spiro atoms. The van der Waals surface area contributed by atoms with E-state index in [2.05, 4.69) is 23.0 Å². The number of likely N-dealkylation sites (tertiary alicyclic amines) is 2. The average Bonchev–Trinajstić information content (AvgIpc) is 2.97. The molecule has 0 N–H and O–H groups in total. The van der Waals surface area contributed by atoms with Crippen LogP contribution in [0, 0.1) is 5.92 Å². The highest BCUT2D eigenvalue weighted by Crippen LogP contribution is 2.38. The zero-order valence-corrected chi connectivity index (χ0v) is 15.9. The fourth-order valence-electron chi connectivity index (χ4n) is 4.20. The van der Waals surface area contributed by atoms with Crippen molar-refractivity contribution in [1.82, 2.24) is 14.7 Å². The molecule has 2 saturated heterocycles. The lowest BCUT2D eigenvalue weighted by Gasteiger charge is -2.41. The molecule has 0 bridgehead atoms. The van der Waals surface area contributed by atoms with Crippen LogP contribution in [-0.2, 0) is 9.59 Å². The fourth-order valence-corrected chi connectivity index (χ4v) is 4.20. The van der Waals surface area contributed by atoms with Gasteiger partial charge in [-0.1, -0.05) is 12.2 Å². The van der Waals surface area contributed by atoms with Gasteiger partial charge in [0.25, 0.3) is 0 Å². The third-order valence-electron chi connectivity index (χ3n) is 5.58. The van der Waals surface area contributed by atoms with Gasteiger partial charge in [-0.15, -0.1) is 13.2 Å². The number of nitrogens with zero attached hydrogens (tertiary/aromatic N) is 3. The maximum absolute atomic E-state index is 13.3. The van der Waals surface area contributed by atoms with Gasteiger partial charge < -0.3 is 14.7 Å². The summed E-state index contributed by atoms with van der Waals surface area (Å²) in [5.74, 6) is 0.311. The summed E-state index contributed by atoms with van der Waals surface area (Å²) < 4.78 is 0. The van der Waals surface area contributed by atoms with Crippen molar-refractivity contribution in [3.8, 4) is 0 Å². The largest absolute Gasteiger partial charge is 0.341 e. The van der Waals surface area contributed by atoms with Crippen LogP contribution in [0.1, 0.15) is 38.5 Å². The number of hydrogen-bond acceptors (Lipinski definition) is 3. The van der Waals surface area contributed by atoms with E-state index in [1.165, 1.54) is 0 Å². The van der Waals surface area contributed by atoms with E-state index in [9.17, 15) is 9.59 Å².